The van der Waals surface area contributed by atoms with Crippen LogP contribution >= 0.6 is 27.3 Å². The smallest absolute Gasteiger partial charge is 0.125 e. The first kappa shape index (κ1) is 13.6. The Bertz CT molecular complexity index is 497. The fourth-order valence-corrected chi connectivity index (χ4v) is 2.76. The zero-order valence-corrected chi connectivity index (χ0v) is 12.6. The predicted octanol–water partition coefficient (Wildman–Crippen LogP) is 4.15. The molecule has 1 aromatic carbocycles. The van der Waals surface area contributed by atoms with Crippen molar-refractivity contribution in [1.82, 2.24) is 0 Å². The van der Waals surface area contributed by atoms with E-state index < -0.39 is 0 Å². The summed E-state index contributed by atoms with van der Waals surface area (Å²) in [6.07, 6.45) is 0.933. The summed E-state index contributed by atoms with van der Waals surface area (Å²) in [5, 5.41) is 2.09. The molecule has 0 fully saturated rings. The monoisotopic (exact) mass is 325 g/mol. The Kier molecular flexibility index (Phi) is 4.80. The molecule has 1 aromatic heterocycles. The fourth-order valence-electron chi connectivity index (χ4n) is 1.73. The molecule has 0 amide bonds. The normalized spacial score (nSPS) is 12.4. The number of rotatable bonds is 5. The number of thiophene rings is 1. The van der Waals surface area contributed by atoms with Gasteiger partial charge in [-0.25, -0.2) is 0 Å². The number of hydrogen-bond donors (Lipinski definition) is 1. The van der Waals surface area contributed by atoms with Gasteiger partial charge in [0.25, 0.3) is 0 Å². The third kappa shape index (κ3) is 3.57. The molecule has 0 radical (unpaired) electrons. The first-order valence-corrected chi connectivity index (χ1v) is 7.54. The van der Waals surface area contributed by atoms with Gasteiger partial charge in [-0.15, -0.1) is 11.3 Å². The van der Waals surface area contributed by atoms with Crippen molar-refractivity contribution in [1.29, 1.82) is 0 Å². The molecule has 0 spiro atoms. The first-order valence-electron chi connectivity index (χ1n) is 5.87. The lowest BCUT2D eigenvalue weighted by Gasteiger charge is -2.14. The minimum Gasteiger partial charge on any atom is -0.493 e. The van der Waals surface area contributed by atoms with Crippen molar-refractivity contribution in [3.63, 3.8) is 0 Å². The molecule has 0 aliphatic rings. The van der Waals surface area contributed by atoms with E-state index >= 15 is 0 Å². The van der Waals surface area contributed by atoms with Crippen LogP contribution in [-0.4, -0.2) is 6.61 Å². The van der Waals surface area contributed by atoms with E-state index in [4.69, 9.17) is 10.5 Å². The maximum absolute atomic E-state index is 5.94. The summed E-state index contributed by atoms with van der Waals surface area (Å²) >= 11 is 5.22. The summed E-state index contributed by atoms with van der Waals surface area (Å²) in [5.41, 5.74) is 6.98. The molecule has 0 saturated heterocycles. The van der Waals surface area contributed by atoms with Gasteiger partial charge in [0, 0.05) is 27.4 Å². The molecule has 2 nitrogen and oxygen atoms in total. The Morgan fingerprint density at radius 2 is 2.22 bits per heavy atom. The van der Waals surface area contributed by atoms with Crippen molar-refractivity contribution in [2.75, 3.05) is 6.61 Å². The van der Waals surface area contributed by atoms with Gasteiger partial charge in [0.2, 0.25) is 0 Å². The molecule has 0 bridgehead atoms. The largest absolute Gasteiger partial charge is 0.493 e. The first-order chi connectivity index (χ1) is 8.66. The van der Waals surface area contributed by atoms with E-state index in [1.165, 1.54) is 4.88 Å². The number of halogens is 1. The van der Waals surface area contributed by atoms with Crippen molar-refractivity contribution in [2.24, 2.45) is 5.73 Å². The van der Waals surface area contributed by atoms with E-state index in [-0.39, 0.29) is 6.04 Å². The van der Waals surface area contributed by atoms with Crippen LogP contribution in [0.15, 0.2) is 40.2 Å². The molecular formula is C14H16BrNOS. The molecule has 4 heteroatoms. The van der Waals surface area contributed by atoms with Crippen molar-refractivity contribution in [2.45, 2.75) is 19.4 Å². The van der Waals surface area contributed by atoms with Crippen molar-refractivity contribution >= 4 is 27.3 Å². The van der Waals surface area contributed by atoms with E-state index in [0.29, 0.717) is 6.61 Å². The average Bonchev–Trinajstić information content (AvgIpc) is 2.82. The van der Waals surface area contributed by atoms with E-state index in [0.717, 1.165) is 22.2 Å². The number of ether oxygens (including phenoxy) is 1. The lowest BCUT2D eigenvalue weighted by molar-refractivity contribution is 0.318. The highest BCUT2D eigenvalue weighted by molar-refractivity contribution is 9.10. The van der Waals surface area contributed by atoms with E-state index in [1.807, 2.05) is 25.1 Å². The Morgan fingerprint density at radius 3 is 2.89 bits per heavy atom. The quantitative estimate of drug-likeness (QED) is 0.896. The van der Waals surface area contributed by atoms with Gasteiger partial charge in [-0.05, 0) is 30.5 Å². The molecule has 2 N–H and O–H groups in total. The SMILES string of the molecule is C[C@@H](N)c1ccc(Br)cc1OCCc1cccs1. The molecule has 2 rings (SSSR count). The Balaban J connectivity index is 2.01. The second-order valence-corrected chi connectivity index (χ2v) is 6.10. The number of benzene rings is 1. The minimum atomic E-state index is -0.0187. The summed E-state index contributed by atoms with van der Waals surface area (Å²) in [6.45, 7) is 2.64. The fraction of sp³-hybridized carbons (Fsp3) is 0.286. The molecule has 0 unspecified atom stereocenters. The van der Waals surface area contributed by atoms with Crippen LogP contribution in [-0.2, 0) is 6.42 Å². The third-order valence-electron chi connectivity index (χ3n) is 2.65. The average molecular weight is 326 g/mol. The van der Waals surface area contributed by atoms with E-state index in [2.05, 4.69) is 33.4 Å². The van der Waals surface area contributed by atoms with Crippen LogP contribution in [0.25, 0.3) is 0 Å². The van der Waals surface area contributed by atoms with Gasteiger partial charge < -0.3 is 10.5 Å². The van der Waals surface area contributed by atoms with Gasteiger partial charge in [0.15, 0.2) is 0 Å². The van der Waals surface area contributed by atoms with E-state index in [1.54, 1.807) is 11.3 Å². The molecule has 1 heterocycles. The van der Waals surface area contributed by atoms with Crippen molar-refractivity contribution in [3.05, 3.63) is 50.6 Å². The standard InChI is InChI=1S/C14H16BrNOS/c1-10(16)13-5-4-11(15)9-14(13)17-7-6-12-3-2-8-18-12/h2-5,8-10H,6-7,16H2,1H3/t10-/m1/s1. The van der Waals surface area contributed by atoms with Crippen LogP contribution in [0.3, 0.4) is 0 Å². The Hall–Kier alpha value is -0.840. The number of hydrogen-bond acceptors (Lipinski definition) is 3. The predicted molar refractivity (Wildman–Crippen MR) is 80.3 cm³/mol. The van der Waals surface area contributed by atoms with Crippen LogP contribution in [0.2, 0.25) is 0 Å². The lowest BCUT2D eigenvalue weighted by atomic mass is 10.1. The molecule has 0 saturated carbocycles. The highest BCUT2D eigenvalue weighted by atomic mass is 79.9. The maximum Gasteiger partial charge on any atom is 0.125 e. The molecule has 18 heavy (non-hydrogen) atoms. The van der Waals surface area contributed by atoms with Gasteiger partial charge in [-0.1, -0.05) is 28.1 Å². The second kappa shape index (κ2) is 6.36. The zero-order valence-electron chi connectivity index (χ0n) is 10.2. The van der Waals surface area contributed by atoms with Crippen molar-refractivity contribution < 1.29 is 4.74 Å². The minimum absolute atomic E-state index is 0.0187. The van der Waals surface area contributed by atoms with Crippen LogP contribution in [0.1, 0.15) is 23.4 Å². The van der Waals surface area contributed by atoms with Crippen LogP contribution < -0.4 is 10.5 Å². The number of nitrogens with two attached hydrogens (primary N) is 1. The molecule has 0 aliphatic carbocycles. The zero-order chi connectivity index (χ0) is 13.0. The third-order valence-corrected chi connectivity index (χ3v) is 4.08. The summed E-state index contributed by atoms with van der Waals surface area (Å²) in [4.78, 5) is 1.34. The summed E-state index contributed by atoms with van der Waals surface area (Å²) in [7, 11) is 0. The second-order valence-electron chi connectivity index (χ2n) is 4.15. The van der Waals surface area contributed by atoms with Crippen LogP contribution in [0, 0.1) is 0 Å². The topological polar surface area (TPSA) is 35.2 Å². The molecular weight excluding hydrogens is 310 g/mol. The van der Waals surface area contributed by atoms with Crippen molar-refractivity contribution in [3.8, 4) is 5.75 Å². The van der Waals surface area contributed by atoms with Crippen LogP contribution in [0.5, 0.6) is 5.75 Å². The molecule has 96 valence electrons. The van der Waals surface area contributed by atoms with Gasteiger partial charge in [0.05, 0.1) is 6.61 Å². The molecule has 2 aromatic rings. The summed E-state index contributed by atoms with van der Waals surface area (Å²) < 4.78 is 6.86. The Labute approximate surface area is 120 Å². The highest BCUT2D eigenvalue weighted by Crippen LogP contribution is 2.27. The van der Waals surface area contributed by atoms with Gasteiger partial charge >= 0.3 is 0 Å². The van der Waals surface area contributed by atoms with Gasteiger partial charge in [0.1, 0.15) is 5.75 Å². The van der Waals surface area contributed by atoms with Gasteiger partial charge in [-0.2, -0.15) is 0 Å². The van der Waals surface area contributed by atoms with Gasteiger partial charge in [-0.3, -0.25) is 0 Å². The van der Waals surface area contributed by atoms with E-state index in [9.17, 15) is 0 Å². The highest BCUT2D eigenvalue weighted by Gasteiger charge is 2.08. The summed E-state index contributed by atoms with van der Waals surface area (Å²) in [6, 6.07) is 10.1. The molecule has 1 atom stereocenters. The lowest BCUT2D eigenvalue weighted by Crippen LogP contribution is -2.09. The Morgan fingerprint density at radius 1 is 1.39 bits per heavy atom. The van der Waals surface area contributed by atoms with Crippen LogP contribution in [0.4, 0.5) is 0 Å². The summed E-state index contributed by atoms with van der Waals surface area (Å²) in [5.74, 6) is 0.871. The maximum atomic E-state index is 5.94. The molecule has 0 aliphatic heterocycles.